The number of carbonyl (C=O) groups is 2. The van der Waals surface area contributed by atoms with E-state index in [2.05, 4.69) is 21.2 Å². The summed E-state index contributed by atoms with van der Waals surface area (Å²) < 4.78 is 0.958. The van der Waals surface area contributed by atoms with E-state index in [9.17, 15) is 9.59 Å². The van der Waals surface area contributed by atoms with Gasteiger partial charge in [-0.2, -0.15) is 0 Å². The van der Waals surface area contributed by atoms with E-state index in [0.29, 0.717) is 12.8 Å². The van der Waals surface area contributed by atoms with E-state index in [0.717, 1.165) is 34.1 Å². The minimum absolute atomic E-state index is 0.00852. The van der Waals surface area contributed by atoms with Crippen LogP contribution < -0.4 is 5.32 Å². The lowest BCUT2D eigenvalue weighted by Gasteiger charge is -2.31. The van der Waals surface area contributed by atoms with Crippen molar-refractivity contribution in [3.05, 3.63) is 45.6 Å². The van der Waals surface area contributed by atoms with Gasteiger partial charge >= 0.3 is 0 Å². The summed E-state index contributed by atoms with van der Waals surface area (Å²) in [5, 5.41) is 2.87. The van der Waals surface area contributed by atoms with Crippen LogP contribution in [-0.4, -0.2) is 11.7 Å². The molecule has 1 heterocycles. The minimum atomic E-state index is -0.105. The number of carbonyl (C=O) groups excluding carboxylic acids is 2. The van der Waals surface area contributed by atoms with Crippen LogP contribution in [0.1, 0.15) is 37.2 Å². The summed E-state index contributed by atoms with van der Waals surface area (Å²) in [6, 6.07) is 7.82. The van der Waals surface area contributed by atoms with Gasteiger partial charge in [0.2, 0.25) is 5.91 Å². The zero-order valence-electron chi connectivity index (χ0n) is 10.4. The second-order valence-corrected chi connectivity index (χ2v) is 5.85. The maximum absolute atomic E-state index is 12.2. The third-order valence-corrected chi connectivity index (χ3v) is 4.49. The summed E-state index contributed by atoms with van der Waals surface area (Å²) in [5.41, 5.74) is 2.69. The van der Waals surface area contributed by atoms with Crippen molar-refractivity contribution in [1.29, 1.82) is 0 Å². The number of hydrogen-bond donors (Lipinski definition) is 1. The predicted molar refractivity (Wildman–Crippen MR) is 75.5 cm³/mol. The summed E-state index contributed by atoms with van der Waals surface area (Å²) in [5.74, 6) is 0.0864. The van der Waals surface area contributed by atoms with Gasteiger partial charge in [0.1, 0.15) is 0 Å². The zero-order chi connectivity index (χ0) is 13.4. The lowest BCUT2D eigenvalue weighted by molar-refractivity contribution is -0.122. The molecule has 1 aliphatic heterocycles. The SMILES string of the molecule is O=C1C[C@@H](c2ccccc2Br)C2=C(CCCC2=O)N1. The Bertz CT molecular complexity index is 592. The van der Waals surface area contributed by atoms with E-state index < -0.39 is 0 Å². The summed E-state index contributed by atoms with van der Waals surface area (Å²) in [4.78, 5) is 24.1. The van der Waals surface area contributed by atoms with Crippen molar-refractivity contribution >= 4 is 27.6 Å². The molecule has 0 spiro atoms. The zero-order valence-corrected chi connectivity index (χ0v) is 12.0. The fraction of sp³-hybridized carbons (Fsp3) is 0.333. The smallest absolute Gasteiger partial charge is 0.225 e. The van der Waals surface area contributed by atoms with Crippen molar-refractivity contribution in [2.45, 2.75) is 31.6 Å². The van der Waals surface area contributed by atoms with Crippen LogP contribution >= 0.6 is 15.9 Å². The van der Waals surface area contributed by atoms with Gasteiger partial charge < -0.3 is 5.32 Å². The van der Waals surface area contributed by atoms with Gasteiger partial charge in [-0.05, 0) is 24.5 Å². The van der Waals surface area contributed by atoms with Crippen LogP contribution in [0.15, 0.2) is 40.0 Å². The van der Waals surface area contributed by atoms with Gasteiger partial charge in [-0.15, -0.1) is 0 Å². The van der Waals surface area contributed by atoms with Crippen molar-refractivity contribution < 1.29 is 9.59 Å². The molecular formula is C15H14BrNO2. The first-order valence-electron chi connectivity index (χ1n) is 6.47. The second kappa shape index (κ2) is 4.93. The van der Waals surface area contributed by atoms with Gasteiger partial charge in [0.25, 0.3) is 0 Å². The molecule has 0 fully saturated rings. The van der Waals surface area contributed by atoms with Gasteiger partial charge in [0, 0.05) is 34.5 Å². The number of allylic oxidation sites excluding steroid dienone is 2. The van der Waals surface area contributed by atoms with E-state index in [-0.39, 0.29) is 17.6 Å². The molecule has 0 unspecified atom stereocenters. The highest BCUT2D eigenvalue weighted by atomic mass is 79.9. The van der Waals surface area contributed by atoms with Crippen LogP contribution in [-0.2, 0) is 9.59 Å². The maximum atomic E-state index is 12.2. The van der Waals surface area contributed by atoms with Crippen LogP contribution in [0.5, 0.6) is 0 Å². The predicted octanol–water partition coefficient (Wildman–Crippen LogP) is 3.06. The molecule has 0 aromatic heterocycles. The standard InChI is InChI=1S/C15H14BrNO2/c16-11-5-2-1-4-9(11)10-8-14(19)17-12-6-3-7-13(18)15(10)12/h1-2,4-5,10H,3,6-8H2,(H,17,19)/t10-/m0/s1. The lowest BCUT2D eigenvalue weighted by atomic mass is 9.78. The molecule has 1 N–H and O–H groups in total. The quantitative estimate of drug-likeness (QED) is 0.864. The van der Waals surface area contributed by atoms with E-state index >= 15 is 0 Å². The number of rotatable bonds is 1. The monoisotopic (exact) mass is 319 g/mol. The van der Waals surface area contributed by atoms with E-state index in [1.165, 1.54) is 0 Å². The Kier molecular flexibility index (Phi) is 3.27. The third kappa shape index (κ3) is 2.25. The largest absolute Gasteiger partial charge is 0.329 e. The number of amides is 1. The molecule has 19 heavy (non-hydrogen) atoms. The molecular weight excluding hydrogens is 306 g/mol. The van der Waals surface area contributed by atoms with Gasteiger partial charge in [-0.3, -0.25) is 9.59 Å². The Morgan fingerprint density at radius 1 is 1.16 bits per heavy atom. The van der Waals surface area contributed by atoms with Crippen LogP contribution in [0.4, 0.5) is 0 Å². The maximum Gasteiger partial charge on any atom is 0.225 e. The van der Waals surface area contributed by atoms with E-state index in [1.54, 1.807) is 0 Å². The van der Waals surface area contributed by atoms with Crippen LogP contribution in [0.3, 0.4) is 0 Å². The number of benzene rings is 1. The normalized spacial score (nSPS) is 23.1. The number of Topliss-reactive ketones (excluding diaryl/α,β-unsaturated/α-hetero) is 1. The Hall–Kier alpha value is -1.42. The number of halogens is 1. The molecule has 3 rings (SSSR count). The molecule has 1 aromatic rings. The fourth-order valence-corrected chi connectivity index (χ4v) is 3.49. The van der Waals surface area contributed by atoms with Gasteiger partial charge in [0.05, 0.1) is 0 Å². The summed E-state index contributed by atoms with van der Waals surface area (Å²) in [6.07, 6.45) is 2.58. The van der Waals surface area contributed by atoms with Crippen LogP contribution in [0.2, 0.25) is 0 Å². The highest BCUT2D eigenvalue weighted by Gasteiger charge is 2.35. The second-order valence-electron chi connectivity index (χ2n) is 5.00. The Balaban J connectivity index is 2.11. The third-order valence-electron chi connectivity index (χ3n) is 3.77. The highest BCUT2D eigenvalue weighted by Crippen LogP contribution is 2.40. The molecule has 4 heteroatoms. The summed E-state index contributed by atoms with van der Waals surface area (Å²) >= 11 is 3.52. The molecule has 1 aromatic carbocycles. The molecule has 3 nitrogen and oxygen atoms in total. The molecule has 1 amide bonds. The lowest BCUT2D eigenvalue weighted by Crippen LogP contribution is -2.36. The van der Waals surface area contributed by atoms with Crippen molar-refractivity contribution in [3.63, 3.8) is 0 Å². The first kappa shape index (κ1) is 12.6. The van der Waals surface area contributed by atoms with Crippen molar-refractivity contribution in [3.8, 4) is 0 Å². The topological polar surface area (TPSA) is 46.2 Å². The molecule has 0 bridgehead atoms. The van der Waals surface area contributed by atoms with E-state index in [4.69, 9.17) is 0 Å². The van der Waals surface area contributed by atoms with Crippen molar-refractivity contribution in [2.24, 2.45) is 0 Å². The Labute approximate surface area is 120 Å². The van der Waals surface area contributed by atoms with Gasteiger partial charge in [0.15, 0.2) is 5.78 Å². The van der Waals surface area contributed by atoms with E-state index in [1.807, 2.05) is 24.3 Å². The highest BCUT2D eigenvalue weighted by molar-refractivity contribution is 9.10. The molecule has 1 aliphatic carbocycles. The molecule has 0 saturated heterocycles. The summed E-state index contributed by atoms with van der Waals surface area (Å²) in [6.45, 7) is 0. The fourth-order valence-electron chi connectivity index (χ4n) is 2.93. The molecule has 0 radical (unpaired) electrons. The molecule has 1 atom stereocenters. The minimum Gasteiger partial charge on any atom is -0.329 e. The molecule has 2 aliphatic rings. The van der Waals surface area contributed by atoms with Gasteiger partial charge in [-0.25, -0.2) is 0 Å². The average molecular weight is 320 g/mol. The Morgan fingerprint density at radius 2 is 1.95 bits per heavy atom. The summed E-state index contributed by atoms with van der Waals surface area (Å²) in [7, 11) is 0. The first-order valence-corrected chi connectivity index (χ1v) is 7.26. The van der Waals surface area contributed by atoms with Crippen molar-refractivity contribution in [2.75, 3.05) is 0 Å². The van der Waals surface area contributed by atoms with Crippen LogP contribution in [0.25, 0.3) is 0 Å². The molecule has 98 valence electrons. The number of hydrogen-bond acceptors (Lipinski definition) is 2. The van der Waals surface area contributed by atoms with Gasteiger partial charge in [-0.1, -0.05) is 34.1 Å². The Morgan fingerprint density at radius 3 is 2.74 bits per heavy atom. The number of ketones is 1. The first-order chi connectivity index (χ1) is 9.16. The van der Waals surface area contributed by atoms with Crippen LogP contribution in [0, 0.1) is 0 Å². The van der Waals surface area contributed by atoms with Crippen molar-refractivity contribution in [1.82, 2.24) is 5.32 Å². The average Bonchev–Trinajstić information content (AvgIpc) is 2.38. The molecule has 0 saturated carbocycles. The number of nitrogens with one attached hydrogen (secondary N) is 1.